The fourth-order valence-corrected chi connectivity index (χ4v) is 8.50. The number of aliphatic hydroxyl groups is 2. The first-order valence-electron chi connectivity index (χ1n) is 15.4. The van der Waals surface area contributed by atoms with Gasteiger partial charge in [-0.1, -0.05) is 29.8 Å². The summed E-state index contributed by atoms with van der Waals surface area (Å²) in [6.45, 7) is 0.613. The van der Waals surface area contributed by atoms with Crippen LogP contribution in [0.2, 0.25) is 5.02 Å². The van der Waals surface area contributed by atoms with Gasteiger partial charge in [0.05, 0.1) is 11.9 Å². The highest BCUT2D eigenvalue weighted by Gasteiger charge is 2.84. The Labute approximate surface area is 287 Å². The Morgan fingerprint density at radius 1 is 1.14 bits per heavy atom. The topological polar surface area (TPSA) is 179 Å². The number of anilines is 1. The summed E-state index contributed by atoms with van der Waals surface area (Å²) in [5, 5.41) is 29.4. The van der Waals surface area contributed by atoms with Crippen LogP contribution in [0.15, 0.2) is 61.2 Å². The van der Waals surface area contributed by atoms with Crippen molar-refractivity contribution in [3.8, 4) is 5.75 Å². The summed E-state index contributed by atoms with van der Waals surface area (Å²) in [7, 11) is -3.02. The molecule has 3 fully saturated rings. The van der Waals surface area contributed by atoms with Gasteiger partial charge in [-0.15, -0.1) is 0 Å². The lowest BCUT2D eigenvalue weighted by atomic mass is 9.78. The minimum Gasteiger partial charge on any atom is -0.459 e. The first-order valence-corrected chi connectivity index (χ1v) is 17.3. The Morgan fingerprint density at radius 3 is 2.48 bits per heavy atom. The average Bonchev–Trinajstić information content (AvgIpc) is 3.30. The van der Waals surface area contributed by atoms with Crippen LogP contribution in [0.5, 0.6) is 5.75 Å². The second-order valence-electron chi connectivity index (χ2n) is 12.5. The molecule has 0 amide bonds. The molecule has 2 aliphatic carbocycles. The molecule has 3 heterocycles. The molecule has 0 radical (unpaired) electrons. The van der Waals surface area contributed by atoms with E-state index in [1.54, 1.807) is 7.05 Å². The van der Waals surface area contributed by atoms with E-state index in [1.165, 1.54) is 66.6 Å². The van der Waals surface area contributed by atoms with Gasteiger partial charge in [0.15, 0.2) is 23.3 Å². The second kappa shape index (κ2) is 12.1. The molecular weight excluding hydrogens is 708 g/mol. The second-order valence-corrected chi connectivity index (χ2v) is 14.6. The highest BCUT2D eigenvalue weighted by atomic mass is 35.5. The van der Waals surface area contributed by atoms with Crippen LogP contribution >= 0.6 is 19.3 Å². The molecule has 4 unspecified atom stereocenters. The lowest BCUT2D eigenvalue weighted by Crippen LogP contribution is -2.57. The van der Waals surface area contributed by atoms with Gasteiger partial charge in [-0.25, -0.2) is 19.5 Å². The van der Waals surface area contributed by atoms with Crippen molar-refractivity contribution in [2.24, 2.45) is 0 Å². The van der Waals surface area contributed by atoms with Crippen LogP contribution < -0.4 is 14.9 Å². The van der Waals surface area contributed by atoms with Crippen LogP contribution in [-0.2, 0) is 36.1 Å². The van der Waals surface area contributed by atoms with Gasteiger partial charge in [-0.2, -0.15) is 18.3 Å². The molecule has 2 saturated carbocycles. The summed E-state index contributed by atoms with van der Waals surface area (Å²) in [5.41, 5.74) is -6.39. The summed E-state index contributed by atoms with van der Waals surface area (Å²) >= 11 is 6.01. The molecule has 0 bridgehead atoms. The van der Waals surface area contributed by atoms with E-state index in [4.69, 9.17) is 30.1 Å². The number of nitrogens with zero attached hydrogens (tertiary/aromatic N) is 4. The molecule has 2 aromatic carbocycles. The first kappa shape index (κ1) is 34.6. The van der Waals surface area contributed by atoms with Crippen LogP contribution in [0.1, 0.15) is 43.5 Å². The quantitative estimate of drug-likeness (QED) is 0.122. The molecule has 0 spiro atoms. The van der Waals surface area contributed by atoms with Crippen LogP contribution in [0, 0.1) is 0 Å². The Kier molecular flexibility index (Phi) is 8.41. The van der Waals surface area contributed by atoms with E-state index in [0.29, 0.717) is 28.4 Å². The minimum absolute atomic E-state index is 0.0143. The fraction of sp³-hybridized carbons (Fsp3) is 0.419. The highest BCUT2D eigenvalue weighted by molar-refractivity contribution is 7.52. The van der Waals surface area contributed by atoms with Gasteiger partial charge in [-0.05, 0) is 56.5 Å². The van der Waals surface area contributed by atoms with Gasteiger partial charge >= 0.3 is 19.9 Å². The SMILES string of the molecule is CNc1ncnc2c1ncn2C1OC2C(OP(=O)(NC3(C(=O)OCc4ccccc4C(F)(F)F)CCC3)Oc3ccc(Cl)cc3)[C@]2(O)[C@@]1(C)O. The number of hydrogen-bond acceptors (Lipinski definition) is 12. The number of fused-ring (bicyclic) bond motifs is 2. The third-order valence-electron chi connectivity index (χ3n) is 9.37. The maximum atomic E-state index is 14.6. The molecule has 6 atom stereocenters. The van der Waals surface area contributed by atoms with Crippen molar-refractivity contribution >= 4 is 42.3 Å². The zero-order valence-electron chi connectivity index (χ0n) is 26.4. The number of hydrogen-bond donors (Lipinski definition) is 4. The van der Waals surface area contributed by atoms with Crippen LogP contribution in [0.4, 0.5) is 19.0 Å². The van der Waals surface area contributed by atoms with E-state index in [-0.39, 0.29) is 24.2 Å². The van der Waals surface area contributed by atoms with Gasteiger partial charge in [0, 0.05) is 17.6 Å². The number of alkyl halides is 3. The molecule has 266 valence electrons. The smallest absolute Gasteiger partial charge is 0.459 e. The van der Waals surface area contributed by atoms with Crippen molar-refractivity contribution in [2.45, 2.75) is 74.1 Å². The lowest BCUT2D eigenvalue weighted by Gasteiger charge is -2.41. The van der Waals surface area contributed by atoms with Crippen LogP contribution in [0.25, 0.3) is 11.2 Å². The average molecular weight is 739 g/mol. The Morgan fingerprint density at radius 2 is 1.86 bits per heavy atom. The van der Waals surface area contributed by atoms with Crippen molar-refractivity contribution in [2.75, 3.05) is 12.4 Å². The molecule has 3 aliphatic rings. The number of rotatable bonds is 11. The molecule has 4 N–H and O–H groups in total. The fourth-order valence-electron chi connectivity index (χ4n) is 6.43. The predicted octanol–water partition coefficient (Wildman–Crippen LogP) is 4.76. The van der Waals surface area contributed by atoms with Gasteiger partial charge in [0.2, 0.25) is 0 Å². The largest absolute Gasteiger partial charge is 0.460 e. The van der Waals surface area contributed by atoms with Crippen molar-refractivity contribution in [1.82, 2.24) is 24.6 Å². The Bertz CT molecular complexity index is 1990. The molecule has 1 saturated heterocycles. The van der Waals surface area contributed by atoms with Crippen LogP contribution in [0.3, 0.4) is 0 Å². The van der Waals surface area contributed by atoms with Crippen molar-refractivity contribution < 1.29 is 51.3 Å². The van der Waals surface area contributed by atoms with E-state index in [0.717, 1.165) is 6.07 Å². The number of nitrogens with one attached hydrogen (secondary N) is 2. The maximum absolute atomic E-state index is 14.6. The summed E-state index contributed by atoms with van der Waals surface area (Å²) in [6.07, 6.45) is -5.21. The van der Waals surface area contributed by atoms with E-state index in [2.05, 4.69) is 25.4 Å². The summed E-state index contributed by atoms with van der Waals surface area (Å²) < 4.78 is 79.8. The normalized spacial score (nSPS) is 28.0. The molecule has 19 heteroatoms. The standard InChI is InChI=1S/C31H31ClF3N6O8P/c1-28(43)26(41-16-39-21-24(36-2)37-15-38-25(21)41)47-22-23(30(22,28)44)49-50(45,48-19-10-8-18(32)9-11-19)40-29(12-5-13-29)27(42)46-14-17-6-3-4-7-20(17)31(33,34)35/h3-4,6-11,15-16,22-23,26,43-44H,5,12-14H2,1-2H3,(H,40,45)(H,36,37,38)/t22?,23?,26?,28-,30-,50?/m0/s1. The molecule has 4 aromatic rings. The van der Waals surface area contributed by atoms with Crippen LogP contribution in [-0.4, -0.2) is 71.7 Å². The number of ether oxygens (including phenoxy) is 2. The molecule has 2 aromatic heterocycles. The van der Waals surface area contributed by atoms with E-state index < -0.39 is 67.2 Å². The maximum Gasteiger partial charge on any atom is 0.460 e. The Balaban J connectivity index is 1.14. The zero-order valence-corrected chi connectivity index (χ0v) is 28.1. The number of benzene rings is 2. The highest BCUT2D eigenvalue weighted by Crippen LogP contribution is 2.65. The van der Waals surface area contributed by atoms with Crippen molar-refractivity contribution in [1.29, 1.82) is 0 Å². The molecule has 50 heavy (non-hydrogen) atoms. The summed E-state index contributed by atoms with van der Waals surface area (Å²) in [6, 6.07) is 10.4. The first-order chi connectivity index (χ1) is 23.6. The van der Waals surface area contributed by atoms with E-state index in [1.807, 2.05) is 0 Å². The molecular formula is C31H31ClF3N6O8P. The van der Waals surface area contributed by atoms with Gasteiger partial charge < -0.3 is 29.5 Å². The molecule has 14 nitrogen and oxygen atoms in total. The number of carbonyl (C=O) groups is 1. The number of esters is 1. The zero-order chi connectivity index (χ0) is 35.7. The third kappa shape index (κ3) is 5.70. The Hall–Kier alpha value is -3.83. The molecule has 1 aliphatic heterocycles. The van der Waals surface area contributed by atoms with Crippen molar-refractivity contribution in [3.63, 3.8) is 0 Å². The van der Waals surface area contributed by atoms with E-state index in [9.17, 15) is 32.7 Å². The number of aromatic nitrogens is 4. The van der Waals surface area contributed by atoms with E-state index >= 15 is 0 Å². The van der Waals surface area contributed by atoms with Crippen molar-refractivity contribution in [3.05, 3.63) is 77.3 Å². The minimum atomic E-state index is -4.68. The van der Waals surface area contributed by atoms with Gasteiger partial charge in [0.1, 0.15) is 47.5 Å². The monoisotopic (exact) mass is 738 g/mol. The summed E-state index contributed by atoms with van der Waals surface area (Å²) in [5.74, 6) is -0.534. The van der Waals surface area contributed by atoms with Gasteiger partial charge in [-0.3, -0.25) is 13.9 Å². The summed E-state index contributed by atoms with van der Waals surface area (Å²) in [4.78, 5) is 26.2. The predicted molar refractivity (Wildman–Crippen MR) is 170 cm³/mol. The number of halogens is 4. The number of imidazole rings is 1. The van der Waals surface area contributed by atoms with Gasteiger partial charge in [0.25, 0.3) is 0 Å². The lowest BCUT2D eigenvalue weighted by molar-refractivity contribution is -0.159. The molecule has 7 rings (SSSR count). The third-order valence-corrected chi connectivity index (χ3v) is 11.3. The number of carbonyl (C=O) groups excluding carboxylic acids is 1.